The van der Waals surface area contributed by atoms with Crippen molar-refractivity contribution in [2.75, 3.05) is 0 Å². The average molecular weight is 290 g/mol. The maximum atomic E-state index is 4.28. The maximum Gasteiger partial charge on any atom is 0.0857 e. The third-order valence-electron chi connectivity index (χ3n) is 3.43. The van der Waals surface area contributed by atoms with Gasteiger partial charge < -0.3 is 0 Å². The second-order valence-corrected chi connectivity index (χ2v) is 5.19. The summed E-state index contributed by atoms with van der Waals surface area (Å²) in [5.41, 5.74) is 4.34. The lowest BCUT2D eigenvalue weighted by atomic mass is 10.1. The fourth-order valence-corrected chi connectivity index (χ4v) is 2.11. The third-order valence-corrected chi connectivity index (χ3v) is 3.43. The van der Waals surface area contributed by atoms with E-state index in [9.17, 15) is 0 Å². The molecule has 2 nitrogen and oxygen atoms in total. The lowest BCUT2D eigenvalue weighted by Gasteiger charge is -2.00. The van der Waals surface area contributed by atoms with E-state index in [4.69, 9.17) is 0 Å². The highest BCUT2D eigenvalue weighted by Crippen LogP contribution is 2.20. The van der Waals surface area contributed by atoms with Crippen molar-refractivity contribution < 1.29 is 0 Å². The molecule has 0 aliphatic carbocycles. The van der Waals surface area contributed by atoms with Crippen molar-refractivity contribution >= 4 is 11.4 Å². The fraction of sp³-hybridized carbons (Fsp3) is 0.200. The van der Waals surface area contributed by atoms with Crippen molar-refractivity contribution in [3.63, 3.8) is 0 Å². The Morgan fingerprint density at radius 3 is 1.32 bits per heavy atom. The molecule has 0 bridgehead atoms. The number of benzene rings is 2. The van der Waals surface area contributed by atoms with Crippen molar-refractivity contribution in [1.29, 1.82) is 0 Å². The molecule has 2 rings (SSSR count). The first-order chi connectivity index (χ1) is 10.8. The first-order valence-electron chi connectivity index (χ1n) is 7.63. The summed E-state index contributed by atoms with van der Waals surface area (Å²) in [6.45, 7) is 7.48. The number of hydrogen-bond acceptors (Lipinski definition) is 2. The highest BCUT2D eigenvalue weighted by atomic mass is 15.1. The molecule has 0 saturated carbocycles. The van der Waals surface area contributed by atoms with Crippen LogP contribution in [0, 0.1) is 0 Å². The summed E-state index contributed by atoms with van der Waals surface area (Å²) in [5.74, 6) is 0. The van der Waals surface area contributed by atoms with Gasteiger partial charge in [0, 0.05) is 0 Å². The van der Waals surface area contributed by atoms with E-state index in [1.54, 1.807) is 0 Å². The lowest BCUT2D eigenvalue weighted by molar-refractivity contribution is 1.00. The number of allylic oxidation sites excluding steroid dienone is 2. The van der Waals surface area contributed by atoms with Crippen LogP contribution < -0.4 is 0 Å². The number of nitrogens with zero attached hydrogens (tertiary/aromatic N) is 2. The summed E-state index contributed by atoms with van der Waals surface area (Å²) >= 11 is 0. The molecule has 22 heavy (non-hydrogen) atoms. The molecular weight excluding hydrogens is 268 g/mol. The molecule has 0 aliphatic heterocycles. The Labute approximate surface area is 132 Å². The fourth-order valence-electron chi connectivity index (χ4n) is 2.11. The molecule has 2 aromatic rings. The SMILES string of the molecule is C=CCCc1ccc(/N=N/c2ccc(CCC=C)cc2)cc1. The topological polar surface area (TPSA) is 24.7 Å². The Morgan fingerprint density at radius 2 is 1.00 bits per heavy atom. The van der Waals surface area contributed by atoms with Crippen molar-refractivity contribution in [3.8, 4) is 0 Å². The first kappa shape index (κ1) is 15.9. The molecule has 0 fully saturated rings. The van der Waals surface area contributed by atoms with Gasteiger partial charge in [0.15, 0.2) is 0 Å². The second kappa shape index (κ2) is 8.73. The smallest absolute Gasteiger partial charge is 0.0857 e. The van der Waals surface area contributed by atoms with Crippen LogP contribution in [0.3, 0.4) is 0 Å². The quantitative estimate of drug-likeness (QED) is 0.400. The van der Waals surface area contributed by atoms with E-state index in [1.807, 2.05) is 36.4 Å². The Kier molecular flexibility index (Phi) is 6.31. The van der Waals surface area contributed by atoms with Gasteiger partial charge in [-0.25, -0.2) is 0 Å². The predicted molar refractivity (Wildman–Crippen MR) is 94.1 cm³/mol. The summed E-state index contributed by atoms with van der Waals surface area (Å²) in [5, 5.41) is 8.56. The standard InChI is InChI=1S/C20H22N2/c1-3-5-7-17-9-13-19(14-10-17)21-22-20-15-11-18(12-16-20)8-6-4-2/h3-4,9-16H,1-2,5-8H2/b22-21+. The van der Waals surface area contributed by atoms with Crippen molar-refractivity contribution in [1.82, 2.24) is 0 Å². The molecule has 0 saturated heterocycles. The Hall–Kier alpha value is -2.48. The molecular formula is C20H22N2. The van der Waals surface area contributed by atoms with Gasteiger partial charge in [-0.2, -0.15) is 10.2 Å². The highest BCUT2D eigenvalue weighted by molar-refractivity contribution is 5.42. The van der Waals surface area contributed by atoms with Crippen molar-refractivity contribution in [2.45, 2.75) is 25.7 Å². The van der Waals surface area contributed by atoms with Gasteiger partial charge in [0.05, 0.1) is 11.4 Å². The number of azo groups is 1. The van der Waals surface area contributed by atoms with Gasteiger partial charge in [-0.1, -0.05) is 36.4 Å². The zero-order valence-electron chi connectivity index (χ0n) is 12.9. The van der Waals surface area contributed by atoms with Gasteiger partial charge in [-0.15, -0.1) is 13.2 Å². The van der Waals surface area contributed by atoms with Crippen molar-refractivity contribution in [2.24, 2.45) is 10.2 Å². The van der Waals surface area contributed by atoms with Crippen LogP contribution in [0.15, 0.2) is 84.1 Å². The minimum absolute atomic E-state index is 0.873. The minimum atomic E-state index is 0.873. The molecule has 2 heteroatoms. The van der Waals surface area contributed by atoms with Crippen LogP contribution in [0.4, 0.5) is 11.4 Å². The maximum absolute atomic E-state index is 4.28. The van der Waals surface area contributed by atoms with Crippen LogP contribution in [0.2, 0.25) is 0 Å². The second-order valence-electron chi connectivity index (χ2n) is 5.19. The summed E-state index contributed by atoms with van der Waals surface area (Å²) in [4.78, 5) is 0. The lowest BCUT2D eigenvalue weighted by Crippen LogP contribution is -1.81. The van der Waals surface area contributed by atoms with E-state index in [2.05, 4.69) is 47.7 Å². The molecule has 0 aliphatic rings. The van der Waals surface area contributed by atoms with Crippen LogP contribution >= 0.6 is 0 Å². The summed E-state index contributed by atoms with van der Waals surface area (Å²) in [6, 6.07) is 16.4. The van der Waals surface area contributed by atoms with E-state index in [-0.39, 0.29) is 0 Å². The van der Waals surface area contributed by atoms with Crippen LogP contribution in [-0.4, -0.2) is 0 Å². The minimum Gasteiger partial charge on any atom is -0.151 e. The number of rotatable bonds is 8. The molecule has 0 N–H and O–H groups in total. The molecule has 0 aromatic heterocycles. The van der Waals surface area contributed by atoms with Crippen LogP contribution in [0.25, 0.3) is 0 Å². The Morgan fingerprint density at radius 1 is 0.636 bits per heavy atom. The van der Waals surface area contributed by atoms with Gasteiger partial charge in [-0.3, -0.25) is 0 Å². The first-order valence-corrected chi connectivity index (χ1v) is 7.63. The summed E-state index contributed by atoms with van der Waals surface area (Å²) in [7, 11) is 0. The molecule has 0 spiro atoms. The molecule has 0 unspecified atom stereocenters. The molecule has 0 atom stereocenters. The van der Waals surface area contributed by atoms with Gasteiger partial charge in [-0.05, 0) is 61.1 Å². The largest absolute Gasteiger partial charge is 0.151 e. The normalized spacial score (nSPS) is 10.7. The third kappa shape index (κ3) is 5.13. The molecule has 0 radical (unpaired) electrons. The van der Waals surface area contributed by atoms with Crippen molar-refractivity contribution in [3.05, 3.63) is 85.0 Å². The van der Waals surface area contributed by atoms with E-state index in [0.717, 1.165) is 37.1 Å². The van der Waals surface area contributed by atoms with E-state index >= 15 is 0 Å². The Balaban J connectivity index is 1.95. The van der Waals surface area contributed by atoms with Crippen LogP contribution in [0.5, 0.6) is 0 Å². The van der Waals surface area contributed by atoms with Crippen LogP contribution in [0.1, 0.15) is 24.0 Å². The highest BCUT2D eigenvalue weighted by Gasteiger charge is 1.95. The summed E-state index contributed by atoms with van der Waals surface area (Å²) < 4.78 is 0. The van der Waals surface area contributed by atoms with E-state index in [0.29, 0.717) is 0 Å². The van der Waals surface area contributed by atoms with Gasteiger partial charge >= 0.3 is 0 Å². The van der Waals surface area contributed by atoms with Gasteiger partial charge in [0.25, 0.3) is 0 Å². The van der Waals surface area contributed by atoms with E-state index < -0.39 is 0 Å². The zero-order valence-corrected chi connectivity index (χ0v) is 12.9. The molecule has 0 amide bonds. The molecule has 2 aromatic carbocycles. The zero-order chi connectivity index (χ0) is 15.6. The van der Waals surface area contributed by atoms with Gasteiger partial charge in [0.1, 0.15) is 0 Å². The number of aryl methyl sites for hydroxylation is 2. The van der Waals surface area contributed by atoms with E-state index in [1.165, 1.54) is 11.1 Å². The average Bonchev–Trinajstić information content (AvgIpc) is 2.58. The monoisotopic (exact) mass is 290 g/mol. The predicted octanol–water partition coefficient (Wildman–Crippen LogP) is 6.34. The van der Waals surface area contributed by atoms with Gasteiger partial charge in [0.2, 0.25) is 0 Å². The number of hydrogen-bond donors (Lipinski definition) is 0. The molecule has 0 heterocycles. The Bertz CT molecular complexity index is 564. The molecule has 112 valence electrons. The summed E-state index contributed by atoms with van der Waals surface area (Å²) in [6.07, 6.45) is 7.91. The van der Waals surface area contributed by atoms with Crippen LogP contribution in [-0.2, 0) is 12.8 Å².